The largest absolute Gasteiger partial charge is 0.481 e. The van der Waals surface area contributed by atoms with Gasteiger partial charge >= 0.3 is 5.97 Å². The third-order valence-corrected chi connectivity index (χ3v) is 3.43. The van der Waals surface area contributed by atoms with Crippen molar-refractivity contribution in [1.82, 2.24) is 0 Å². The lowest BCUT2D eigenvalue weighted by molar-refractivity contribution is -0.870. The Kier molecular flexibility index (Phi) is 17.1. The van der Waals surface area contributed by atoms with Crippen LogP contribution in [0.5, 0.6) is 0 Å². The summed E-state index contributed by atoms with van der Waals surface area (Å²) in [6.45, 7) is 5.58. The fourth-order valence-electron chi connectivity index (χ4n) is 2.05. The molecule has 3 nitrogen and oxygen atoms in total. The molecule has 0 aromatic rings. The molecule has 1 N–H and O–H groups in total. The van der Waals surface area contributed by atoms with E-state index in [1.807, 2.05) is 6.92 Å². The summed E-state index contributed by atoms with van der Waals surface area (Å²) in [7, 11) is 6.84. The van der Waals surface area contributed by atoms with Crippen LogP contribution in [-0.2, 0) is 4.79 Å². The lowest BCUT2D eigenvalue weighted by Crippen LogP contribution is -2.35. The first-order valence-electron chi connectivity index (χ1n) is 8.85. The van der Waals surface area contributed by atoms with Gasteiger partial charge in [0.05, 0.1) is 27.7 Å². The summed E-state index contributed by atoms with van der Waals surface area (Å²) in [5.74, 6) is -0.693. The smallest absolute Gasteiger partial charge is 0.303 e. The zero-order valence-corrected chi connectivity index (χ0v) is 15.3. The number of carboxylic acids is 1. The van der Waals surface area contributed by atoms with Crippen molar-refractivity contribution in [3.8, 4) is 0 Å². The average molecular weight is 303 g/mol. The fraction of sp³-hybridized carbons (Fsp3) is 0.944. The lowest BCUT2D eigenvalue weighted by atomic mass is 10.1. The summed E-state index contributed by atoms with van der Waals surface area (Å²) < 4.78 is 1.12. The highest BCUT2D eigenvalue weighted by Crippen LogP contribution is 2.09. The molecule has 0 aromatic carbocycles. The van der Waals surface area contributed by atoms with E-state index < -0.39 is 5.97 Å². The minimum absolute atomic E-state index is 0.316. The third-order valence-electron chi connectivity index (χ3n) is 3.43. The molecule has 0 fully saturated rings. The van der Waals surface area contributed by atoms with E-state index >= 15 is 0 Å². The summed E-state index contributed by atoms with van der Waals surface area (Å²) in [6.07, 6.45) is 13.5. The van der Waals surface area contributed by atoms with E-state index in [4.69, 9.17) is 5.11 Å². The van der Waals surface area contributed by atoms with Gasteiger partial charge in [-0.1, -0.05) is 58.8 Å². The third kappa shape index (κ3) is 28.3. The number of hydrogen-bond acceptors (Lipinski definition) is 1. The van der Waals surface area contributed by atoms with Crippen LogP contribution in [0.15, 0.2) is 0 Å². The normalized spacial score (nSPS) is 10.9. The maximum atomic E-state index is 9.76. The molecule has 128 valence electrons. The van der Waals surface area contributed by atoms with Crippen LogP contribution in [0, 0.1) is 0 Å². The fourth-order valence-corrected chi connectivity index (χ4v) is 2.05. The minimum atomic E-state index is -0.693. The number of nitrogens with zero attached hydrogens (tertiary/aromatic N) is 1. The van der Waals surface area contributed by atoms with Crippen molar-refractivity contribution in [2.45, 2.75) is 84.5 Å². The Morgan fingerprint density at radius 3 is 1.52 bits per heavy atom. The van der Waals surface area contributed by atoms with Gasteiger partial charge in [0.25, 0.3) is 0 Å². The summed E-state index contributed by atoms with van der Waals surface area (Å²) in [6, 6.07) is 0. The number of aliphatic carboxylic acids is 1. The van der Waals surface area contributed by atoms with E-state index in [0.29, 0.717) is 6.42 Å². The van der Waals surface area contributed by atoms with Gasteiger partial charge in [0.15, 0.2) is 0 Å². The van der Waals surface area contributed by atoms with Crippen molar-refractivity contribution in [2.75, 3.05) is 27.7 Å². The molecule has 3 heteroatoms. The monoisotopic (exact) mass is 302 g/mol. The SMILES string of the molecule is CCCCC(=O)O.CCCCCCCCCC[N+](C)(C)C. The van der Waals surface area contributed by atoms with Gasteiger partial charge in [-0.15, -0.1) is 0 Å². The molecule has 0 rings (SSSR count). The summed E-state index contributed by atoms with van der Waals surface area (Å²) in [5.41, 5.74) is 0. The highest BCUT2D eigenvalue weighted by atomic mass is 16.4. The summed E-state index contributed by atoms with van der Waals surface area (Å²) >= 11 is 0. The van der Waals surface area contributed by atoms with Crippen molar-refractivity contribution < 1.29 is 14.4 Å². The van der Waals surface area contributed by atoms with E-state index in [1.54, 1.807) is 0 Å². The van der Waals surface area contributed by atoms with Gasteiger partial charge in [-0.05, 0) is 19.3 Å². The maximum Gasteiger partial charge on any atom is 0.303 e. The molecule has 0 aliphatic carbocycles. The summed E-state index contributed by atoms with van der Waals surface area (Å²) in [4.78, 5) is 9.76. The van der Waals surface area contributed by atoms with E-state index in [9.17, 15) is 4.79 Å². The highest BCUT2D eigenvalue weighted by molar-refractivity contribution is 5.66. The molecule has 0 aliphatic heterocycles. The maximum absolute atomic E-state index is 9.76. The first-order valence-corrected chi connectivity index (χ1v) is 8.85. The molecular weight excluding hydrogens is 262 g/mol. The van der Waals surface area contributed by atoms with E-state index in [1.165, 1.54) is 57.9 Å². The Balaban J connectivity index is 0. The molecule has 21 heavy (non-hydrogen) atoms. The molecule has 0 aliphatic rings. The van der Waals surface area contributed by atoms with Crippen LogP contribution in [0.1, 0.15) is 84.5 Å². The quantitative estimate of drug-likeness (QED) is 0.402. The molecule has 0 spiro atoms. The van der Waals surface area contributed by atoms with E-state index in [0.717, 1.165) is 17.3 Å². The Morgan fingerprint density at radius 1 is 0.762 bits per heavy atom. The van der Waals surface area contributed by atoms with Crippen LogP contribution >= 0.6 is 0 Å². The molecular formula is C18H40NO2+. The van der Waals surface area contributed by atoms with Crippen LogP contribution in [0.25, 0.3) is 0 Å². The first kappa shape index (κ1) is 22.7. The van der Waals surface area contributed by atoms with Crippen molar-refractivity contribution in [3.63, 3.8) is 0 Å². The second-order valence-electron chi connectivity index (χ2n) is 6.99. The van der Waals surface area contributed by atoms with Crippen molar-refractivity contribution >= 4 is 5.97 Å². The van der Waals surface area contributed by atoms with Gasteiger partial charge in [-0.3, -0.25) is 4.79 Å². The number of rotatable bonds is 12. The van der Waals surface area contributed by atoms with Gasteiger partial charge in [-0.2, -0.15) is 0 Å². The zero-order valence-electron chi connectivity index (χ0n) is 15.3. The molecule has 0 bridgehead atoms. The van der Waals surface area contributed by atoms with Crippen LogP contribution in [0.3, 0.4) is 0 Å². The molecule has 0 amide bonds. The van der Waals surface area contributed by atoms with Crippen LogP contribution < -0.4 is 0 Å². The van der Waals surface area contributed by atoms with Crippen LogP contribution in [-0.4, -0.2) is 43.2 Å². The van der Waals surface area contributed by atoms with Crippen LogP contribution in [0.2, 0.25) is 0 Å². The van der Waals surface area contributed by atoms with Crippen molar-refractivity contribution in [2.24, 2.45) is 0 Å². The standard InChI is InChI=1S/C13H30N.C5H10O2/c1-5-6-7-8-9-10-11-12-13-14(2,3)4;1-2-3-4-5(6)7/h5-13H2,1-4H3;2-4H2,1H3,(H,6,7)/q+1;. The number of carbonyl (C=O) groups is 1. The molecule has 0 aromatic heterocycles. The van der Waals surface area contributed by atoms with Crippen molar-refractivity contribution in [3.05, 3.63) is 0 Å². The zero-order chi connectivity index (χ0) is 16.6. The molecule has 0 radical (unpaired) electrons. The molecule has 0 unspecified atom stereocenters. The van der Waals surface area contributed by atoms with Gasteiger partial charge < -0.3 is 9.59 Å². The van der Waals surface area contributed by atoms with Crippen molar-refractivity contribution in [1.29, 1.82) is 0 Å². The molecule has 0 saturated heterocycles. The predicted molar refractivity (Wildman–Crippen MR) is 92.7 cm³/mol. The van der Waals surface area contributed by atoms with E-state index in [2.05, 4.69) is 28.1 Å². The summed E-state index contributed by atoms with van der Waals surface area (Å²) in [5, 5.41) is 8.04. The Labute approximate surface area is 133 Å². The minimum Gasteiger partial charge on any atom is -0.481 e. The van der Waals surface area contributed by atoms with Gasteiger partial charge in [0.2, 0.25) is 0 Å². The number of unbranched alkanes of at least 4 members (excludes halogenated alkanes) is 8. The predicted octanol–water partition coefficient (Wildman–Crippen LogP) is 5.09. The Bertz CT molecular complexity index is 222. The number of hydrogen-bond donors (Lipinski definition) is 1. The lowest BCUT2D eigenvalue weighted by Gasteiger charge is -2.23. The highest BCUT2D eigenvalue weighted by Gasteiger charge is 2.04. The average Bonchev–Trinajstić information content (AvgIpc) is 2.39. The topological polar surface area (TPSA) is 37.3 Å². The molecule has 0 saturated carbocycles. The Hall–Kier alpha value is -0.570. The Morgan fingerprint density at radius 2 is 1.19 bits per heavy atom. The number of carboxylic acid groups (broad SMARTS) is 1. The van der Waals surface area contributed by atoms with Gasteiger partial charge in [-0.25, -0.2) is 0 Å². The number of quaternary nitrogens is 1. The second-order valence-corrected chi connectivity index (χ2v) is 6.99. The molecule has 0 atom stereocenters. The van der Waals surface area contributed by atoms with Crippen LogP contribution in [0.4, 0.5) is 0 Å². The first-order chi connectivity index (χ1) is 9.83. The van der Waals surface area contributed by atoms with Gasteiger partial charge in [0.1, 0.15) is 0 Å². The van der Waals surface area contributed by atoms with Gasteiger partial charge in [0, 0.05) is 6.42 Å². The van der Waals surface area contributed by atoms with E-state index in [-0.39, 0.29) is 0 Å². The second kappa shape index (κ2) is 15.8. The molecule has 0 heterocycles.